The number of halogens is 1. The Morgan fingerprint density at radius 3 is 2.36 bits per heavy atom. The second kappa shape index (κ2) is 6.96. The molecule has 0 unspecified atom stereocenters. The molecule has 0 spiro atoms. The zero-order chi connectivity index (χ0) is 18.1. The minimum absolute atomic E-state index is 0.0161. The van der Waals surface area contributed by atoms with Gasteiger partial charge in [-0.3, -0.25) is 0 Å². The third kappa shape index (κ3) is 3.31. The summed E-state index contributed by atoms with van der Waals surface area (Å²) in [7, 11) is 0. The van der Waals surface area contributed by atoms with Gasteiger partial charge in [-0.25, -0.2) is 9.59 Å². The van der Waals surface area contributed by atoms with Crippen LogP contribution in [0.15, 0.2) is 33.6 Å². The minimum Gasteiger partial charge on any atom is -0.367 e. The molecule has 6 nitrogen and oxygen atoms in total. The average molecular weight is 364 g/mol. The third-order valence-corrected chi connectivity index (χ3v) is 4.90. The standard InChI is InChI=1S/C18H22ClN3O3/c1-12(2)16-13(3)22(25-17(16)23)18(24)21-10-8-20(9-11-21)15-7-5-4-6-14(15)19/h4-7,12H,8-11H2,1-3H3. The number of hydrogen-bond acceptors (Lipinski definition) is 4. The van der Waals surface area contributed by atoms with Crippen molar-refractivity contribution in [1.29, 1.82) is 0 Å². The molecule has 7 heteroatoms. The van der Waals surface area contributed by atoms with E-state index >= 15 is 0 Å². The zero-order valence-electron chi connectivity index (χ0n) is 14.7. The van der Waals surface area contributed by atoms with Crippen molar-refractivity contribution in [3.8, 4) is 0 Å². The van der Waals surface area contributed by atoms with E-state index in [1.165, 1.54) is 0 Å². The number of hydrogen-bond donors (Lipinski definition) is 0. The number of aromatic nitrogens is 1. The lowest BCUT2D eigenvalue weighted by Gasteiger charge is -2.36. The number of para-hydroxylation sites is 1. The first-order valence-electron chi connectivity index (χ1n) is 8.41. The smallest absolute Gasteiger partial charge is 0.361 e. The van der Waals surface area contributed by atoms with Gasteiger partial charge in [-0.1, -0.05) is 37.6 Å². The molecule has 0 N–H and O–H groups in total. The van der Waals surface area contributed by atoms with Crippen LogP contribution in [0.4, 0.5) is 10.5 Å². The first-order valence-corrected chi connectivity index (χ1v) is 8.79. The highest BCUT2D eigenvalue weighted by molar-refractivity contribution is 6.33. The quantitative estimate of drug-likeness (QED) is 0.821. The van der Waals surface area contributed by atoms with E-state index in [4.69, 9.17) is 16.1 Å². The molecule has 0 saturated carbocycles. The zero-order valence-corrected chi connectivity index (χ0v) is 15.4. The molecule has 0 bridgehead atoms. The highest BCUT2D eigenvalue weighted by atomic mass is 35.5. The van der Waals surface area contributed by atoms with Crippen LogP contribution in [-0.2, 0) is 0 Å². The number of benzene rings is 1. The van der Waals surface area contributed by atoms with Crippen molar-refractivity contribution < 1.29 is 9.32 Å². The van der Waals surface area contributed by atoms with Gasteiger partial charge in [0.25, 0.3) is 0 Å². The number of anilines is 1. The first kappa shape index (κ1) is 17.6. The van der Waals surface area contributed by atoms with Crippen LogP contribution in [0.1, 0.15) is 31.0 Å². The molecule has 0 radical (unpaired) electrons. The fourth-order valence-corrected chi connectivity index (χ4v) is 3.52. The van der Waals surface area contributed by atoms with Gasteiger partial charge in [0.15, 0.2) is 0 Å². The van der Waals surface area contributed by atoms with Gasteiger partial charge in [0, 0.05) is 26.2 Å². The molecule has 134 valence electrons. The Morgan fingerprint density at radius 1 is 1.16 bits per heavy atom. The molecule has 2 aromatic rings. The molecule has 25 heavy (non-hydrogen) atoms. The monoisotopic (exact) mass is 363 g/mol. The van der Waals surface area contributed by atoms with Gasteiger partial charge in [-0.05, 0) is 25.0 Å². The topological polar surface area (TPSA) is 58.7 Å². The summed E-state index contributed by atoms with van der Waals surface area (Å²) >= 11 is 6.25. The average Bonchev–Trinajstić information content (AvgIpc) is 2.89. The Kier molecular flexibility index (Phi) is 4.90. The highest BCUT2D eigenvalue weighted by Crippen LogP contribution is 2.26. The molecule has 1 aliphatic rings. The van der Waals surface area contributed by atoms with Crippen LogP contribution in [-0.4, -0.2) is 41.8 Å². The Bertz CT molecular complexity index is 832. The van der Waals surface area contributed by atoms with Crippen LogP contribution in [0.5, 0.6) is 0 Å². The molecule has 1 amide bonds. The molecule has 1 saturated heterocycles. The molecule has 2 heterocycles. The van der Waals surface area contributed by atoms with E-state index in [2.05, 4.69) is 4.90 Å². The van der Waals surface area contributed by atoms with Crippen molar-refractivity contribution in [2.24, 2.45) is 0 Å². The largest absolute Gasteiger partial charge is 0.367 e. The maximum Gasteiger partial charge on any atom is 0.361 e. The van der Waals surface area contributed by atoms with Crippen LogP contribution >= 0.6 is 11.6 Å². The number of carbonyl (C=O) groups is 1. The van der Waals surface area contributed by atoms with Gasteiger partial charge in [0.05, 0.1) is 22.0 Å². The first-order chi connectivity index (χ1) is 11.9. The molecule has 0 atom stereocenters. The summed E-state index contributed by atoms with van der Waals surface area (Å²) in [5.74, 6) is 0.0161. The normalized spacial score (nSPS) is 15.1. The maximum absolute atomic E-state index is 12.7. The predicted molar refractivity (Wildman–Crippen MR) is 97.8 cm³/mol. The van der Waals surface area contributed by atoms with E-state index in [-0.39, 0.29) is 11.9 Å². The van der Waals surface area contributed by atoms with Gasteiger partial charge < -0.3 is 14.3 Å². The summed E-state index contributed by atoms with van der Waals surface area (Å²) < 4.78 is 6.32. The highest BCUT2D eigenvalue weighted by Gasteiger charge is 2.27. The van der Waals surface area contributed by atoms with Gasteiger partial charge in [-0.15, -0.1) is 4.74 Å². The van der Waals surface area contributed by atoms with Crippen LogP contribution in [0.2, 0.25) is 5.02 Å². The second-order valence-corrected chi connectivity index (χ2v) is 6.94. The molecule has 1 aromatic carbocycles. The second-order valence-electron chi connectivity index (χ2n) is 6.53. The molecular formula is C18H22ClN3O3. The van der Waals surface area contributed by atoms with Gasteiger partial charge in [0.2, 0.25) is 0 Å². The number of carbonyl (C=O) groups excluding carboxylic acids is 1. The SMILES string of the molecule is Cc1c(C(C)C)c(=O)on1C(=O)N1CCN(c2ccccc2Cl)CC1. The number of amides is 1. The van der Waals surface area contributed by atoms with Gasteiger partial charge >= 0.3 is 11.7 Å². The fraction of sp³-hybridized carbons (Fsp3) is 0.444. The van der Waals surface area contributed by atoms with E-state index in [0.717, 1.165) is 10.4 Å². The number of nitrogens with zero attached hydrogens (tertiary/aromatic N) is 3. The lowest BCUT2D eigenvalue weighted by atomic mass is 10.1. The Hall–Kier alpha value is -2.21. The van der Waals surface area contributed by atoms with Crippen LogP contribution in [0.3, 0.4) is 0 Å². The minimum atomic E-state index is -0.435. The van der Waals surface area contributed by atoms with E-state index in [9.17, 15) is 9.59 Å². The van der Waals surface area contributed by atoms with Crippen molar-refractivity contribution in [3.63, 3.8) is 0 Å². The van der Waals surface area contributed by atoms with Crippen molar-refractivity contribution in [2.45, 2.75) is 26.7 Å². The molecule has 3 rings (SSSR count). The summed E-state index contributed by atoms with van der Waals surface area (Å²) in [6, 6.07) is 7.39. The molecular weight excluding hydrogens is 342 g/mol. The predicted octanol–water partition coefficient (Wildman–Crippen LogP) is 3.32. The molecule has 1 fully saturated rings. The van der Waals surface area contributed by atoms with Crippen LogP contribution in [0, 0.1) is 6.92 Å². The van der Waals surface area contributed by atoms with Crippen molar-refractivity contribution >= 4 is 23.3 Å². The molecule has 1 aliphatic heterocycles. The Morgan fingerprint density at radius 2 is 1.80 bits per heavy atom. The van der Waals surface area contributed by atoms with Crippen LogP contribution in [0.25, 0.3) is 0 Å². The summed E-state index contributed by atoms with van der Waals surface area (Å²) in [5.41, 5.74) is 1.68. The molecule has 1 aromatic heterocycles. The van der Waals surface area contributed by atoms with Gasteiger partial charge in [0.1, 0.15) is 0 Å². The summed E-state index contributed by atoms with van der Waals surface area (Å²) in [4.78, 5) is 28.6. The molecule has 0 aliphatic carbocycles. The van der Waals surface area contributed by atoms with E-state index in [1.807, 2.05) is 38.1 Å². The fourth-order valence-electron chi connectivity index (χ4n) is 3.27. The summed E-state index contributed by atoms with van der Waals surface area (Å²) in [6.07, 6.45) is 0. The maximum atomic E-state index is 12.7. The summed E-state index contributed by atoms with van der Waals surface area (Å²) in [5, 5.41) is 0.705. The van der Waals surface area contributed by atoms with E-state index in [0.29, 0.717) is 42.5 Å². The van der Waals surface area contributed by atoms with Crippen molar-refractivity contribution in [3.05, 3.63) is 51.0 Å². The lowest BCUT2D eigenvalue weighted by molar-refractivity contribution is 0.162. The van der Waals surface area contributed by atoms with Crippen molar-refractivity contribution in [2.75, 3.05) is 31.1 Å². The summed E-state index contributed by atoms with van der Waals surface area (Å²) in [6.45, 7) is 8.02. The van der Waals surface area contributed by atoms with E-state index in [1.54, 1.807) is 11.8 Å². The third-order valence-electron chi connectivity index (χ3n) is 4.58. The Labute approximate surface area is 151 Å². The van der Waals surface area contributed by atoms with Crippen LogP contribution < -0.4 is 10.5 Å². The van der Waals surface area contributed by atoms with Crippen molar-refractivity contribution in [1.82, 2.24) is 9.64 Å². The lowest BCUT2D eigenvalue weighted by Crippen LogP contribution is -2.50. The van der Waals surface area contributed by atoms with E-state index < -0.39 is 5.63 Å². The number of rotatable bonds is 2. The number of piperazine rings is 1. The Balaban J connectivity index is 1.73. The van der Waals surface area contributed by atoms with Gasteiger partial charge in [-0.2, -0.15) is 0 Å².